The average molecular weight is 187 g/mol. The highest BCUT2D eigenvalue weighted by atomic mass is 16.5. The first kappa shape index (κ1) is 11.0. The van der Waals surface area contributed by atoms with Crippen LogP contribution in [-0.2, 0) is 9.47 Å². The lowest BCUT2D eigenvalue weighted by atomic mass is 10.2. The predicted molar refractivity (Wildman–Crippen MR) is 53.0 cm³/mol. The van der Waals surface area contributed by atoms with Gasteiger partial charge in [-0.2, -0.15) is 0 Å². The highest BCUT2D eigenvalue weighted by Gasteiger charge is 2.16. The standard InChI is InChI=1S/C10H21NO2/c1-3-10-9-11(6-8-12-2)5-4-7-13-10/h10H,3-9H2,1-2H3. The zero-order valence-corrected chi connectivity index (χ0v) is 8.79. The molecule has 1 saturated heterocycles. The molecule has 3 nitrogen and oxygen atoms in total. The molecule has 0 bridgehead atoms. The van der Waals surface area contributed by atoms with E-state index in [0.717, 1.165) is 45.7 Å². The highest BCUT2D eigenvalue weighted by Crippen LogP contribution is 2.07. The van der Waals surface area contributed by atoms with Gasteiger partial charge in [0.05, 0.1) is 12.7 Å². The van der Waals surface area contributed by atoms with E-state index in [2.05, 4.69) is 11.8 Å². The van der Waals surface area contributed by atoms with Crippen LogP contribution in [0.2, 0.25) is 0 Å². The zero-order chi connectivity index (χ0) is 9.52. The van der Waals surface area contributed by atoms with Crippen LogP contribution in [0.5, 0.6) is 0 Å². The van der Waals surface area contributed by atoms with Crippen LogP contribution in [-0.4, -0.2) is 51.0 Å². The summed E-state index contributed by atoms with van der Waals surface area (Å²) in [7, 11) is 1.76. The zero-order valence-electron chi connectivity index (χ0n) is 8.79. The average Bonchev–Trinajstić information content (AvgIpc) is 2.39. The second-order valence-corrected chi connectivity index (χ2v) is 3.55. The van der Waals surface area contributed by atoms with E-state index in [1.807, 2.05) is 0 Å². The van der Waals surface area contributed by atoms with Crippen LogP contribution < -0.4 is 0 Å². The molecule has 3 heteroatoms. The van der Waals surface area contributed by atoms with Crippen molar-refractivity contribution in [3.8, 4) is 0 Å². The van der Waals surface area contributed by atoms with Crippen molar-refractivity contribution in [2.75, 3.05) is 40.0 Å². The van der Waals surface area contributed by atoms with Crippen molar-refractivity contribution >= 4 is 0 Å². The molecule has 0 radical (unpaired) electrons. The van der Waals surface area contributed by atoms with E-state index in [1.54, 1.807) is 7.11 Å². The molecule has 0 aromatic heterocycles. The third-order valence-corrected chi connectivity index (χ3v) is 2.50. The molecule has 1 heterocycles. The minimum atomic E-state index is 0.430. The Morgan fingerprint density at radius 3 is 3.08 bits per heavy atom. The van der Waals surface area contributed by atoms with Crippen molar-refractivity contribution in [3.05, 3.63) is 0 Å². The summed E-state index contributed by atoms with van der Waals surface area (Å²) in [6.45, 7) is 7.19. The summed E-state index contributed by atoms with van der Waals surface area (Å²) < 4.78 is 10.8. The molecule has 1 fully saturated rings. The Balaban J connectivity index is 2.26. The third kappa shape index (κ3) is 4.07. The monoisotopic (exact) mass is 187 g/mol. The van der Waals surface area contributed by atoms with Gasteiger partial charge in [-0.15, -0.1) is 0 Å². The van der Waals surface area contributed by atoms with Crippen molar-refractivity contribution in [1.82, 2.24) is 4.90 Å². The van der Waals surface area contributed by atoms with Crippen LogP contribution >= 0.6 is 0 Å². The lowest BCUT2D eigenvalue weighted by Gasteiger charge is -2.22. The Morgan fingerprint density at radius 2 is 2.38 bits per heavy atom. The summed E-state index contributed by atoms with van der Waals surface area (Å²) in [5.41, 5.74) is 0. The Labute approximate surface area is 81.0 Å². The van der Waals surface area contributed by atoms with Gasteiger partial charge in [0.1, 0.15) is 0 Å². The van der Waals surface area contributed by atoms with Crippen molar-refractivity contribution < 1.29 is 9.47 Å². The first-order valence-electron chi connectivity index (χ1n) is 5.19. The van der Waals surface area contributed by atoms with Gasteiger partial charge in [0, 0.05) is 33.4 Å². The summed E-state index contributed by atoms with van der Waals surface area (Å²) in [5.74, 6) is 0. The Kier molecular flexibility index (Phi) is 5.35. The Hall–Kier alpha value is -0.120. The molecule has 0 saturated carbocycles. The quantitative estimate of drug-likeness (QED) is 0.658. The number of nitrogens with zero attached hydrogens (tertiary/aromatic N) is 1. The maximum atomic E-state index is 5.68. The number of methoxy groups -OCH3 is 1. The fourth-order valence-corrected chi connectivity index (χ4v) is 1.64. The SMILES string of the molecule is CCC1CN(CCOC)CCCO1. The minimum Gasteiger partial charge on any atom is -0.383 e. The first-order chi connectivity index (χ1) is 6.36. The van der Waals surface area contributed by atoms with Gasteiger partial charge in [-0.05, 0) is 12.8 Å². The topological polar surface area (TPSA) is 21.7 Å². The number of ether oxygens (including phenoxy) is 2. The molecule has 1 aliphatic heterocycles. The summed E-state index contributed by atoms with van der Waals surface area (Å²) in [6, 6.07) is 0. The van der Waals surface area contributed by atoms with Gasteiger partial charge in [0.2, 0.25) is 0 Å². The number of hydrogen-bond donors (Lipinski definition) is 0. The molecule has 0 spiro atoms. The van der Waals surface area contributed by atoms with Gasteiger partial charge in [0.15, 0.2) is 0 Å². The largest absolute Gasteiger partial charge is 0.383 e. The summed E-state index contributed by atoms with van der Waals surface area (Å²) in [4.78, 5) is 2.44. The van der Waals surface area contributed by atoms with Crippen LogP contribution in [0.1, 0.15) is 19.8 Å². The predicted octanol–water partition coefficient (Wildman–Crippen LogP) is 1.13. The van der Waals surface area contributed by atoms with Gasteiger partial charge in [0.25, 0.3) is 0 Å². The molecule has 0 N–H and O–H groups in total. The summed E-state index contributed by atoms with van der Waals surface area (Å²) in [6.07, 6.45) is 2.70. The van der Waals surface area contributed by atoms with Gasteiger partial charge in [-0.1, -0.05) is 6.92 Å². The Bertz CT molecular complexity index is 130. The number of hydrogen-bond acceptors (Lipinski definition) is 3. The third-order valence-electron chi connectivity index (χ3n) is 2.50. The van der Waals surface area contributed by atoms with Crippen molar-refractivity contribution in [2.24, 2.45) is 0 Å². The highest BCUT2D eigenvalue weighted by molar-refractivity contribution is 4.68. The lowest BCUT2D eigenvalue weighted by molar-refractivity contribution is 0.0480. The lowest BCUT2D eigenvalue weighted by Crippen LogP contribution is -2.33. The fraction of sp³-hybridized carbons (Fsp3) is 1.00. The molecule has 1 aliphatic rings. The van der Waals surface area contributed by atoms with Crippen LogP contribution in [0, 0.1) is 0 Å². The molecule has 1 atom stereocenters. The van der Waals surface area contributed by atoms with E-state index >= 15 is 0 Å². The minimum absolute atomic E-state index is 0.430. The molecule has 0 amide bonds. The summed E-state index contributed by atoms with van der Waals surface area (Å²) in [5, 5.41) is 0. The van der Waals surface area contributed by atoms with Gasteiger partial charge in [-0.3, -0.25) is 4.90 Å². The van der Waals surface area contributed by atoms with Gasteiger partial charge < -0.3 is 9.47 Å². The molecule has 1 rings (SSSR count). The van der Waals surface area contributed by atoms with E-state index in [4.69, 9.17) is 9.47 Å². The molecular formula is C10H21NO2. The van der Waals surface area contributed by atoms with Crippen LogP contribution in [0.4, 0.5) is 0 Å². The second-order valence-electron chi connectivity index (χ2n) is 3.55. The van der Waals surface area contributed by atoms with E-state index in [9.17, 15) is 0 Å². The molecule has 0 aromatic rings. The molecular weight excluding hydrogens is 166 g/mol. The second kappa shape index (κ2) is 6.35. The fourth-order valence-electron chi connectivity index (χ4n) is 1.64. The van der Waals surface area contributed by atoms with Crippen molar-refractivity contribution in [3.63, 3.8) is 0 Å². The van der Waals surface area contributed by atoms with E-state index in [1.165, 1.54) is 0 Å². The van der Waals surface area contributed by atoms with Crippen LogP contribution in [0.25, 0.3) is 0 Å². The molecule has 0 aliphatic carbocycles. The van der Waals surface area contributed by atoms with Gasteiger partial charge in [-0.25, -0.2) is 0 Å². The molecule has 13 heavy (non-hydrogen) atoms. The van der Waals surface area contributed by atoms with Crippen LogP contribution in [0.3, 0.4) is 0 Å². The van der Waals surface area contributed by atoms with Crippen molar-refractivity contribution in [1.29, 1.82) is 0 Å². The molecule has 78 valence electrons. The summed E-state index contributed by atoms with van der Waals surface area (Å²) >= 11 is 0. The van der Waals surface area contributed by atoms with Crippen molar-refractivity contribution in [2.45, 2.75) is 25.9 Å². The molecule has 1 unspecified atom stereocenters. The van der Waals surface area contributed by atoms with E-state index in [0.29, 0.717) is 6.10 Å². The van der Waals surface area contributed by atoms with Crippen LogP contribution in [0.15, 0.2) is 0 Å². The molecule has 0 aromatic carbocycles. The first-order valence-corrected chi connectivity index (χ1v) is 5.19. The normalized spacial score (nSPS) is 25.8. The maximum absolute atomic E-state index is 5.68. The Morgan fingerprint density at radius 1 is 1.54 bits per heavy atom. The van der Waals surface area contributed by atoms with E-state index in [-0.39, 0.29) is 0 Å². The van der Waals surface area contributed by atoms with E-state index < -0.39 is 0 Å². The smallest absolute Gasteiger partial charge is 0.0699 e. The van der Waals surface area contributed by atoms with Gasteiger partial charge >= 0.3 is 0 Å². The maximum Gasteiger partial charge on any atom is 0.0699 e. The number of rotatable bonds is 4.